The van der Waals surface area contributed by atoms with Gasteiger partial charge in [-0.2, -0.15) is 5.10 Å². The van der Waals surface area contributed by atoms with Crippen molar-refractivity contribution in [3.8, 4) is 11.4 Å². The maximum absolute atomic E-state index is 12.7. The molecular weight excluding hydrogens is 412 g/mol. The molecule has 4 rings (SSSR count). The van der Waals surface area contributed by atoms with E-state index >= 15 is 0 Å². The molecule has 1 amide bonds. The van der Waals surface area contributed by atoms with Gasteiger partial charge in [0, 0.05) is 29.3 Å². The number of halogens is 1. The summed E-state index contributed by atoms with van der Waals surface area (Å²) in [6.45, 7) is 4.07. The maximum atomic E-state index is 12.7. The van der Waals surface area contributed by atoms with Gasteiger partial charge in [-0.05, 0) is 73.5 Å². The number of aryl methyl sites for hydroxylation is 1. The minimum absolute atomic E-state index is 0.165. The fourth-order valence-electron chi connectivity index (χ4n) is 3.22. The SMILES string of the molecule is Cc1cc(OCn2ccc(C(=O)NC(C)c3cccc(-n4cccc4)c3)n2)ccc1Cl. The van der Waals surface area contributed by atoms with Gasteiger partial charge in [-0.3, -0.25) is 4.79 Å². The first-order valence-electron chi connectivity index (χ1n) is 9.96. The van der Waals surface area contributed by atoms with Crippen LogP contribution >= 0.6 is 11.6 Å². The monoisotopic (exact) mass is 434 g/mol. The van der Waals surface area contributed by atoms with Crippen molar-refractivity contribution in [3.63, 3.8) is 0 Å². The Morgan fingerprint density at radius 2 is 1.90 bits per heavy atom. The van der Waals surface area contributed by atoms with Gasteiger partial charge in [0.25, 0.3) is 5.91 Å². The van der Waals surface area contributed by atoms with Crippen LogP contribution in [-0.2, 0) is 6.73 Å². The molecule has 2 aromatic carbocycles. The smallest absolute Gasteiger partial charge is 0.272 e. The van der Waals surface area contributed by atoms with Crippen molar-refractivity contribution >= 4 is 17.5 Å². The average molecular weight is 435 g/mol. The first-order valence-corrected chi connectivity index (χ1v) is 10.3. The Balaban J connectivity index is 1.37. The molecule has 2 aromatic heterocycles. The Morgan fingerprint density at radius 3 is 2.68 bits per heavy atom. The van der Waals surface area contributed by atoms with Crippen LogP contribution in [-0.4, -0.2) is 20.3 Å². The van der Waals surface area contributed by atoms with Gasteiger partial charge in [0.15, 0.2) is 6.73 Å². The molecule has 0 radical (unpaired) electrons. The molecule has 158 valence electrons. The van der Waals surface area contributed by atoms with E-state index in [4.69, 9.17) is 16.3 Å². The first kappa shape index (κ1) is 20.8. The zero-order chi connectivity index (χ0) is 21.8. The van der Waals surface area contributed by atoms with E-state index in [9.17, 15) is 4.79 Å². The molecule has 1 unspecified atom stereocenters. The molecule has 0 saturated heterocycles. The highest BCUT2D eigenvalue weighted by Crippen LogP contribution is 2.21. The zero-order valence-electron chi connectivity index (χ0n) is 17.3. The average Bonchev–Trinajstić information content (AvgIpc) is 3.47. The van der Waals surface area contributed by atoms with Crippen molar-refractivity contribution in [2.75, 3.05) is 0 Å². The number of ether oxygens (including phenoxy) is 1. The third-order valence-corrected chi connectivity index (χ3v) is 5.41. The lowest BCUT2D eigenvalue weighted by Gasteiger charge is -2.15. The van der Waals surface area contributed by atoms with E-state index in [1.165, 1.54) is 0 Å². The second-order valence-corrected chi connectivity index (χ2v) is 7.71. The van der Waals surface area contributed by atoms with Gasteiger partial charge < -0.3 is 14.6 Å². The van der Waals surface area contributed by atoms with Crippen LogP contribution in [0.2, 0.25) is 5.02 Å². The Kier molecular flexibility index (Phi) is 6.09. The molecule has 7 heteroatoms. The number of nitrogens with zero attached hydrogens (tertiary/aromatic N) is 3. The van der Waals surface area contributed by atoms with Crippen LogP contribution in [0.3, 0.4) is 0 Å². The number of carbonyl (C=O) groups excluding carboxylic acids is 1. The summed E-state index contributed by atoms with van der Waals surface area (Å²) in [5.41, 5.74) is 3.33. The molecule has 0 saturated carbocycles. The highest BCUT2D eigenvalue weighted by atomic mass is 35.5. The Morgan fingerprint density at radius 1 is 1.10 bits per heavy atom. The lowest BCUT2D eigenvalue weighted by atomic mass is 10.1. The lowest BCUT2D eigenvalue weighted by Crippen LogP contribution is -2.27. The van der Waals surface area contributed by atoms with Crippen molar-refractivity contribution in [1.82, 2.24) is 19.7 Å². The van der Waals surface area contributed by atoms with Crippen molar-refractivity contribution in [2.45, 2.75) is 26.6 Å². The Labute approximate surface area is 186 Å². The van der Waals surface area contributed by atoms with Crippen molar-refractivity contribution < 1.29 is 9.53 Å². The predicted molar refractivity (Wildman–Crippen MR) is 121 cm³/mol. The van der Waals surface area contributed by atoms with Gasteiger partial charge >= 0.3 is 0 Å². The Bertz CT molecular complexity index is 1180. The normalized spacial score (nSPS) is 11.8. The highest BCUT2D eigenvalue weighted by molar-refractivity contribution is 6.31. The topological polar surface area (TPSA) is 61.1 Å². The number of carbonyl (C=O) groups is 1. The quantitative estimate of drug-likeness (QED) is 0.437. The minimum Gasteiger partial charge on any atom is -0.471 e. The summed E-state index contributed by atoms with van der Waals surface area (Å²) >= 11 is 6.04. The standard InChI is InChI=1S/C24H23ClN4O2/c1-17-14-21(8-9-22(17)25)31-16-29-13-10-23(27-29)24(30)26-18(2)19-6-5-7-20(15-19)28-11-3-4-12-28/h3-15,18H,16H2,1-2H3,(H,26,30). The van der Waals surface area contributed by atoms with Gasteiger partial charge in [-0.15, -0.1) is 0 Å². The summed E-state index contributed by atoms with van der Waals surface area (Å²) in [5.74, 6) is 0.458. The van der Waals surface area contributed by atoms with Crippen molar-refractivity contribution in [2.24, 2.45) is 0 Å². The van der Waals surface area contributed by atoms with Crippen molar-refractivity contribution in [1.29, 1.82) is 0 Å². The lowest BCUT2D eigenvalue weighted by molar-refractivity contribution is 0.0932. The molecule has 0 aliphatic carbocycles. The molecule has 0 aliphatic heterocycles. The van der Waals surface area contributed by atoms with E-state index in [1.54, 1.807) is 29.1 Å². The molecule has 31 heavy (non-hydrogen) atoms. The van der Waals surface area contributed by atoms with Crippen LogP contribution in [0.5, 0.6) is 5.75 Å². The van der Waals surface area contributed by atoms with Gasteiger partial charge in [0.1, 0.15) is 11.4 Å². The van der Waals surface area contributed by atoms with E-state index in [0.717, 1.165) is 16.8 Å². The summed E-state index contributed by atoms with van der Waals surface area (Å²) in [7, 11) is 0. The van der Waals surface area contributed by atoms with Crippen LogP contribution in [0.1, 0.15) is 34.6 Å². The third kappa shape index (κ3) is 4.98. The molecule has 6 nitrogen and oxygen atoms in total. The van der Waals surface area contributed by atoms with Gasteiger partial charge in [0.2, 0.25) is 0 Å². The molecular formula is C24H23ClN4O2. The van der Waals surface area contributed by atoms with Crippen LogP contribution < -0.4 is 10.1 Å². The molecule has 0 bridgehead atoms. The highest BCUT2D eigenvalue weighted by Gasteiger charge is 2.14. The van der Waals surface area contributed by atoms with E-state index in [2.05, 4.69) is 16.5 Å². The van der Waals surface area contributed by atoms with E-state index in [0.29, 0.717) is 16.5 Å². The molecule has 0 spiro atoms. The number of amides is 1. The summed E-state index contributed by atoms with van der Waals surface area (Å²) in [5, 5.41) is 8.02. The van der Waals surface area contributed by atoms with Crippen LogP contribution in [0.4, 0.5) is 0 Å². The second-order valence-electron chi connectivity index (χ2n) is 7.31. The Hall–Kier alpha value is -3.51. The summed E-state index contributed by atoms with van der Waals surface area (Å²) < 4.78 is 9.34. The number of hydrogen-bond acceptors (Lipinski definition) is 3. The van der Waals surface area contributed by atoms with E-state index in [-0.39, 0.29) is 18.7 Å². The number of benzene rings is 2. The van der Waals surface area contributed by atoms with Crippen LogP contribution in [0.25, 0.3) is 5.69 Å². The van der Waals surface area contributed by atoms with Gasteiger partial charge in [-0.25, -0.2) is 4.68 Å². The number of nitrogens with one attached hydrogen (secondary N) is 1. The van der Waals surface area contributed by atoms with Gasteiger partial charge in [-0.1, -0.05) is 23.7 Å². The van der Waals surface area contributed by atoms with Gasteiger partial charge in [0.05, 0.1) is 6.04 Å². The van der Waals surface area contributed by atoms with E-state index in [1.807, 2.05) is 67.2 Å². The number of rotatable bonds is 7. The largest absolute Gasteiger partial charge is 0.471 e. The van der Waals surface area contributed by atoms with Crippen LogP contribution in [0.15, 0.2) is 79.3 Å². The third-order valence-electron chi connectivity index (χ3n) is 4.99. The van der Waals surface area contributed by atoms with E-state index < -0.39 is 0 Å². The molecule has 0 aliphatic rings. The first-order chi connectivity index (χ1) is 15.0. The summed E-state index contributed by atoms with van der Waals surface area (Å²) in [6, 6.07) is 19.0. The zero-order valence-corrected chi connectivity index (χ0v) is 18.1. The van der Waals surface area contributed by atoms with Crippen LogP contribution in [0, 0.1) is 6.92 Å². The molecule has 4 aromatic rings. The number of aromatic nitrogens is 3. The fraction of sp³-hybridized carbons (Fsp3) is 0.167. The second kappa shape index (κ2) is 9.10. The number of hydrogen-bond donors (Lipinski definition) is 1. The molecule has 1 N–H and O–H groups in total. The maximum Gasteiger partial charge on any atom is 0.272 e. The summed E-state index contributed by atoms with van der Waals surface area (Å²) in [6.07, 6.45) is 5.69. The molecule has 0 fully saturated rings. The molecule has 2 heterocycles. The summed E-state index contributed by atoms with van der Waals surface area (Å²) in [4.78, 5) is 12.7. The van der Waals surface area contributed by atoms with Crippen molar-refractivity contribution in [3.05, 3.63) is 101 Å². The fourth-order valence-corrected chi connectivity index (χ4v) is 3.34. The predicted octanol–water partition coefficient (Wildman–Crippen LogP) is 5.16. The molecule has 1 atom stereocenters. The minimum atomic E-state index is -0.236.